The van der Waals surface area contributed by atoms with Crippen molar-refractivity contribution in [3.05, 3.63) is 71.9 Å². The van der Waals surface area contributed by atoms with Crippen molar-refractivity contribution < 1.29 is 14.3 Å². The van der Waals surface area contributed by atoms with Crippen molar-refractivity contribution in [2.45, 2.75) is 34.1 Å². The molecule has 37 heavy (non-hydrogen) atoms. The van der Waals surface area contributed by atoms with E-state index < -0.39 is 11.8 Å². The van der Waals surface area contributed by atoms with Crippen molar-refractivity contribution in [1.82, 2.24) is 15.0 Å². The van der Waals surface area contributed by atoms with Gasteiger partial charge in [-0.3, -0.25) is 19.9 Å². The Morgan fingerprint density at radius 2 is 1.59 bits per heavy atom. The number of pyridine rings is 1. The molecule has 0 spiro atoms. The summed E-state index contributed by atoms with van der Waals surface area (Å²) in [6.07, 6.45) is 5.19. The van der Waals surface area contributed by atoms with Crippen LogP contribution in [0.15, 0.2) is 55.0 Å². The maximum Gasteiger partial charge on any atom is 0.289 e. The van der Waals surface area contributed by atoms with Crippen molar-refractivity contribution in [3.8, 4) is 6.07 Å². The van der Waals surface area contributed by atoms with Crippen LogP contribution in [0.4, 0.5) is 17.2 Å². The molecule has 0 radical (unpaired) electrons. The molecule has 0 saturated carbocycles. The minimum Gasteiger partial charge on any atom is -0.463 e. The van der Waals surface area contributed by atoms with E-state index in [4.69, 9.17) is 15.4 Å². The lowest BCUT2D eigenvalue weighted by molar-refractivity contribution is 0.0982. The fourth-order valence-corrected chi connectivity index (χ4v) is 2.95. The van der Waals surface area contributed by atoms with Gasteiger partial charge in [-0.15, -0.1) is 0 Å². The van der Waals surface area contributed by atoms with Gasteiger partial charge in [-0.2, -0.15) is 5.26 Å². The van der Waals surface area contributed by atoms with Gasteiger partial charge < -0.3 is 15.4 Å². The van der Waals surface area contributed by atoms with Crippen molar-refractivity contribution in [2.75, 3.05) is 28.7 Å². The highest BCUT2D eigenvalue weighted by molar-refractivity contribution is 6.13. The molecular formula is C26H30N8O3. The van der Waals surface area contributed by atoms with E-state index >= 15 is 0 Å². The highest BCUT2D eigenvalue weighted by atomic mass is 16.5. The number of carbonyl (C=O) groups excluding carboxylic acids is 2. The molecule has 11 heteroatoms. The van der Waals surface area contributed by atoms with Gasteiger partial charge in [0.05, 0.1) is 12.1 Å². The predicted molar refractivity (Wildman–Crippen MR) is 142 cm³/mol. The van der Waals surface area contributed by atoms with E-state index in [1.54, 1.807) is 29.2 Å². The van der Waals surface area contributed by atoms with Gasteiger partial charge in [0, 0.05) is 30.0 Å². The number of hydrogen-bond donors (Lipinski definition) is 3. The van der Waals surface area contributed by atoms with Gasteiger partial charge in [0.1, 0.15) is 18.5 Å². The summed E-state index contributed by atoms with van der Waals surface area (Å²) in [5, 5.41) is 21.8. The summed E-state index contributed by atoms with van der Waals surface area (Å²) in [4.78, 5) is 39.1. The largest absolute Gasteiger partial charge is 0.463 e. The first-order valence-electron chi connectivity index (χ1n) is 11.9. The van der Waals surface area contributed by atoms with Crippen LogP contribution in [0.5, 0.6) is 0 Å². The number of benzene rings is 1. The molecule has 0 atom stereocenters. The number of nitrogens with zero attached hydrogens (tertiary/aromatic N) is 5. The van der Waals surface area contributed by atoms with Crippen LogP contribution in [-0.4, -0.2) is 45.9 Å². The molecule has 0 aliphatic carbocycles. The molecule has 2 amide bonds. The van der Waals surface area contributed by atoms with Gasteiger partial charge >= 0.3 is 0 Å². The Kier molecular flexibility index (Phi) is 11.1. The van der Waals surface area contributed by atoms with E-state index in [1.165, 1.54) is 37.1 Å². The highest BCUT2D eigenvalue weighted by Gasteiger charge is 2.22. The average Bonchev–Trinajstić information content (AvgIpc) is 3.37. The molecule has 1 aliphatic heterocycles. The van der Waals surface area contributed by atoms with Crippen LogP contribution in [0, 0.1) is 16.7 Å². The zero-order valence-electron chi connectivity index (χ0n) is 21.3. The molecule has 0 unspecified atom stereocenters. The number of amidine groups is 1. The minimum absolute atomic E-state index is 0.0775. The minimum atomic E-state index is -0.664. The second-order valence-electron chi connectivity index (χ2n) is 7.26. The topological polar surface area (TPSA) is 157 Å². The van der Waals surface area contributed by atoms with E-state index in [-0.39, 0.29) is 23.2 Å². The number of amides is 2. The number of nitriles is 1. The second-order valence-corrected chi connectivity index (χ2v) is 7.26. The van der Waals surface area contributed by atoms with Crippen molar-refractivity contribution >= 4 is 35.0 Å². The Bertz CT molecular complexity index is 1240. The van der Waals surface area contributed by atoms with Gasteiger partial charge in [0.2, 0.25) is 0 Å². The molecule has 11 nitrogen and oxygen atoms in total. The van der Waals surface area contributed by atoms with E-state index in [0.717, 1.165) is 5.69 Å². The number of nitrogens with one attached hydrogen (secondary N) is 3. The Balaban J connectivity index is 0.000000898. The third-order valence-electron chi connectivity index (χ3n) is 4.50. The zero-order chi connectivity index (χ0) is 27.2. The molecule has 1 fully saturated rings. The second kappa shape index (κ2) is 14.5. The van der Waals surface area contributed by atoms with Gasteiger partial charge in [0.25, 0.3) is 17.8 Å². The van der Waals surface area contributed by atoms with E-state index in [2.05, 4.69) is 39.4 Å². The van der Waals surface area contributed by atoms with Crippen LogP contribution in [0.1, 0.15) is 60.7 Å². The third-order valence-corrected chi connectivity index (χ3v) is 4.50. The molecule has 4 rings (SSSR count). The molecule has 2 aromatic heterocycles. The number of rotatable bonds is 5. The fourth-order valence-electron chi connectivity index (χ4n) is 2.95. The first-order valence-corrected chi connectivity index (χ1v) is 11.9. The molecule has 0 bridgehead atoms. The van der Waals surface area contributed by atoms with E-state index in [0.29, 0.717) is 24.4 Å². The van der Waals surface area contributed by atoms with Gasteiger partial charge in [0.15, 0.2) is 11.4 Å². The number of hydrogen-bond acceptors (Lipinski definition) is 8. The first kappa shape index (κ1) is 28.4. The molecule has 1 saturated heterocycles. The van der Waals surface area contributed by atoms with E-state index in [1.807, 2.05) is 19.9 Å². The van der Waals surface area contributed by atoms with Crippen LogP contribution in [0.3, 0.4) is 0 Å². The predicted octanol–water partition coefficient (Wildman–Crippen LogP) is 4.46. The quantitative estimate of drug-likeness (QED) is 0.461. The third kappa shape index (κ3) is 7.83. The Labute approximate surface area is 216 Å². The van der Waals surface area contributed by atoms with Crippen LogP contribution in [0.2, 0.25) is 0 Å². The van der Waals surface area contributed by atoms with Crippen LogP contribution in [0.25, 0.3) is 0 Å². The molecule has 3 heterocycles. The van der Waals surface area contributed by atoms with Crippen molar-refractivity contribution in [2.24, 2.45) is 0 Å². The number of ether oxygens (including phenoxy) is 1. The lowest BCUT2D eigenvalue weighted by atomic mass is 10.2. The fraction of sp³-hybridized carbons (Fsp3) is 0.269. The Morgan fingerprint density at radius 3 is 2.08 bits per heavy atom. The van der Waals surface area contributed by atoms with E-state index in [9.17, 15) is 9.59 Å². The van der Waals surface area contributed by atoms with Gasteiger partial charge in [-0.1, -0.05) is 34.1 Å². The number of anilines is 3. The maximum absolute atomic E-state index is 12.8. The summed E-state index contributed by atoms with van der Waals surface area (Å²) < 4.78 is 5.13. The first-order chi connectivity index (χ1) is 18.0. The number of carbonyl (C=O) groups is 2. The summed E-state index contributed by atoms with van der Waals surface area (Å²) in [5.74, 6) is -1.07. The molecule has 1 aromatic carbocycles. The molecule has 3 N–H and O–H groups in total. The summed E-state index contributed by atoms with van der Waals surface area (Å²) in [5.41, 5.74) is 1.27. The van der Waals surface area contributed by atoms with Crippen molar-refractivity contribution in [1.29, 1.82) is 10.7 Å². The van der Waals surface area contributed by atoms with Crippen molar-refractivity contribution in [3.63, 3.8) is 0 Å². The maximum atomic E-state index is 12.8. The molecular weight excluding hydrogens is 472 g/mol. The lowest BCUT2D eigenvalue weighted by Crippen LogP contribution is -2.24. The SMILES string of the molecule is CC.CCC.N#Cc1ccc(NC(=O)c2nccnc2C(=O)Nc2ccc(N3CCOC3=N)cc2)nc1. The van der Waals surface area contributed by atoms with Crippen LogP contribution in [-0.2, 0) is 4.74 Å². The Morgan fingerprint density at radius 1 is 1.00 bits per heavy atom. The summed E-state index contributed by atoms with van der Waals surface area (Å²) in [6.45, 7) is 9.28. The standard InChI is InChI=1S/C21H16N8O3.C3H8.C2H6/c22-11-13-1-6-16(26-12-13)28-20(31)18-17(24-7-8-25-18)19(30)27-14-2-4-15(5-3-14)29-9-10-32-21(29)23;1-3-2;1-2/h1-8,12,23H,9-10H2,(H,27,30)(H,26,28,31);3H2,1-2H3;1-2H3. The van der Waals surface area contributed by atoms with Crippen LogP contribution >= 0.6 is 0 Å². The lowest BCUT2D eigenvalue weighted by Gasteiger charge is -2.15. The highest BCUT2D eigenvalue weighted by Crippen LogP contribution is 2.21. The zero-order valence-corrected chi connectivity index (χ0v) is 21.3. The van der Waals surface area contributed by atoms with Gasteiger partial charge in [-0.25, -0.2) is 15.0 Å². The normalized spacial score (nSPS) is 11.5. The molecule has 192 valence electrons. The Hall–Kier alpha value is -4.85. The molecule has 3 aromatic rings. The molecule has 1 aliphatic rings. The summed E-state index contributed by atoms with van der Waals surface area (Å²) in [6, 6.07) is 11.8. The summed E-state index contributed by atoms with van der Waals surface area (Å²) in [7, 11) is 0. The number of aromatic nitrogens is 3. The monoisotopic (exact) mass is 502 g/mol. The average molecular weight is 503 g/mol. The van der Waals surface area contributed by atoms with Crippen LogP contribution < -0.4 is 15.5 Å². The summed E-state index contributed by atoms with van der Waals surface area (Å²) >= 11 is 0. The van der Waals surface area contributed by atoms with Gasteiger partial charge in [-0.05, 0) is 36.4 Å². The smallest absolute Gasteiger partial charge is 0.289 e.